The molecule has 0 spiro atoms. The molecule has 2 heterocycles. The van der Waals surface area contributed by atoms with Crippen molar-refractivity contribution in [3.63, 3.8) is 0 Å². The Hall–Kier alpha value is -3.03. The van der Waals surface area contributed by atoms with E-state index >= 15 is 0 Å². The molecule has 0 atom stereocenters. The van der Waals surface area contributed by atoms with Crippen molar-refractivity contribution in [3.05, 3.63) is 65.2 Å². The number of rotatable bonds is 5. The van der Waals surface area contributed by atoms with E-state index in [9.17, 15) is 4.79 Å². The third kappa shape index (κ3) is 2.87. The van der Waals surface area contributed by atoms with E-state index in [4.69, 9.17) is 14.9 Å². The van der Waals surface area contributed by atoms with Crippen molar-refractivity contribution < 1.29 is 14.6 Å². The van der Waals surface area contributed by atoms with Crippen molar-refractivity contribution in [2.45, 2.75) is 6.61 Å². The molecule has 0 aliphatic heterocycles. The summed E-state index contributed by atoms with van der Waals surface area (Å²) >= 11 is 1.26. The maximum Gasteiger partial charge on any atom is 0.355 e. The summed E-state index contributed by atoms with van der Waals surface area (Å²) in [6, 6.07) is 15.9. The molecule has 0 fully saturated rings. The fourth-order valence-corrected chi connectivity index (χ4v) is 3.57. The van der Waals surface area contributed by atoms with Crippen LogP contribution in [0, 0.1) is 0 Å². The number of methoxy groups -OCH3 is 1. The quantitative estimate of drug-likeness (QED) is 0.578. The zero-order valence-electron chi connectivity index (χ0n) is 13.9. The molecule has 2 aromatic heterocycles. The molecule has 0 saturated carbocycles. The van der Waals surface area contributed by atoms with E-state index in [1.165, 1.54) is 16.7 Å². The normalized spacial score (nSPS) is 11.1. The maximum atomic E-state index is 11.1. The zero-order chi connectivity index (χ0) is 18.1. The fraction of sp³-hybridized carbons (Fsp3) is 0.105. The van der Waals surface area contributed by atoms with Gasteiger partial charge in [-0.25, -0.2) is 14.5 Å². The maximum absolute atomic E-state index is 11.1. The van der Waals surface area contributed by atoms with Crippen LogP contribution >= 0.6 is 11.3 Å². The second-order valence-corrected chi connectivity index (χ2v) is 6.56. The first-order chi connectivity index (χ1) is 12.7. The number of carboxylic acid groups (broad SMARTS) is 1. The third-order valence-electron chi connectivity index (χ3n) is 4.02. The van der Waals surface area contributed by atoms with Gasteiger partial charge < -0.3 is 9.84 Å². The molecule has 2 aromatic carbocycles. The van der Waals surface area contributed by atoms with E-state index < -0.39 is 5.97 Å². The van der Waals surface area contributed by atoms with Gasteiger partial charge >= 0.3 is 5.97 Å². The lowest BCUT2D eigenvalue weighted by atomic mass is 10.1. The molecule has 0 radical (unpaired) electrons. The summed E-state index contributed by atoms with van der Waals surface area (Å²) in [7, 11) is 1.67. The smallest absolute Gasteiger partial charge is 0.355 e. The average molecular weight is 365 g/mol. The predicted octanol–water partition coefficient (Wildman–Crippen LogP) is 3.99. The largest absolute Gasteiger partial charge is 0.476 e. The van der Waals surface area contributed by atoms with Gasteiger partial charge in [0.15, 0.2) is 5.69 Å². The molecule has 1 N–H and O–H groups in total. The van der Waals surface area contributed by atoms with Crippen LogP contribution in [0.5, 0.6) is 0 Å². The molecule has 6 nitrogen and oxygen atoms in total. The van der Waals surface area contributed by atoms with E-state index in [1.54, 1.807) is 11.8 Å². The van der Waals surface area contributed by atoms with Crippen molar-refractivity contribution in [3.8, 4) is 16.4 Å². The summed E-state index contributed by atoms with van der Waals surface area (Å²) in [4.78, 5) is 15.3. The minimum absolute atomic E-state index is 0.0232. The Morgan fingerprint density at radius 3 is 2.65 bits per heavy atom. The first-order valence-electron chi connectivity index (χ1n) is 7.92. The van der Waals surface area contributed by atoms with Gasteiger partial charge in [-0.05, 0) is 11.6 Å². The molecule has 0 saturated heterocycles. The van der Waals surface area contributed by atoms with Crippen molar-refractivity contribution in [2.24, 2.45) is 0 Å². The second-order valence-electron chi connectivity index (χ2n) is 5.73. The summed E-state index contributed by atoms with van der Waals surface area (Å²) in [5, 5.41) is 16.9. The van der Waals surface area contributed by atoms with Crippen LogP contribution in [-0.4, -0.2) is 33.0 Å². The van der Waals surface area contributed by atoms with Crippen LogP contribution in [0.25, 0.3) is 27.3 Å². The molecular formula is C19H15N3O3S. The lowest BCUT2D eigenvalue weighted by Gasteiger charge is -2.01. The number of benzene rings is 2. The number of carboxylic acids is 1. The van der Waals surface area contributed by atoms with Gasteiger partial charge in [-0.2, -0.15) is 5.10 Å². The molecule has 0 amide bonds. The number of carbonyl (C=O) groups is 1. The number of aromatic nitrogens is 3. The zero-order valence-corrected chi connectivity index (χ0v) is 14.7. The van der Waals surface area contributed by atoms with E-state index in [1.807, 2.05) is 48.5 Å². The highest BCUT2D eigenvalue weighted by Gasteiger charge is 2.17. The monoisotopic (exact) mass is 365 g/mol. The Morgan fingerprint density at radius 1 is 1.19 bits per heavy atom. The average Bonchev–Trinajstić information content (AvgIpc) is 3.28. The highest BCUT2D eigenvalue weighted by Crippen LogP contribution is 2.30. The summed E-state index contributed by atoms with van der Waals surface area (Å²) in [5.74, 6) is -1.04. The molecule has 130 valence electrons. The number of aromatic carboxylic acids is 1. The minimum Gasteiger partial charge on any atom is -0.476 e. The Bertz CT molecular complexity index is 1080. The Kier molecular flexibility index (Phi) is 4.24. The van der Waals surface area contributed by atoms with Crippen LogP contribution in [0.2, 0.25) is 0 Å². The van der Waals surface area contributed by atoms with Crippen LogP contribution < -0.4 is 0 Å². The topological polar surface area (TPSA) is 77.2 Å². The van der Waals surface area contributed by atoms with Crippen LogP contribution in [-0.2, 0) is 11.3 Å². The van der Waals surface area contributed by atoms with Crippen molar-refractivity contribution in [1.29, 1.82) is 0 Å². The lowest BCUT2D eigenvalue weighted by molar-refractivity contribution is 0.0691. The summed E-state index contributed by atoms with van der Waals surface area (Å²) < 4.78 is 6.85. The number of nitrogens with zero attached hydrogens (tertiary/aromatic N) is 3. The van der Waals surface area contributed by atoms with Gasteiger partial charge in [-0.15, -0.1) is 11.3 Å². The second kappa shape index (κ2) is 6.70. The van der Waals surface area contributed by atoms with E-state index in [0.29, 0.717) is 11.7 Å². The lowest BCUT2D eigenvalue weighted by Crippen LogP contribution is -2.00. The fourth-order valence-electron chi connectivity index (χ4n) is 2.81. The highest BCUT2D eigenvalue weighted by molar-refractivity contribution is 7.12. The highest BCUT2D eigenvalue weighted by atomic mass is 32.1. The van der Waals surface area contributed by atoms with E-state index in [-0.39, 0.29) is 5.69 Å². The van der Waals surface area contributed by atoms with Gasteiger partial charge in [0.05, 0.1) is 12.1 Å². The van der Waals surface area contributed by atoms with Crippen LogP contribution in [0.4, 0.5) is 0 Å². The Morgan fingerprint density at radius 2 is 1.96 bits per heavy atom. The van der Waals surface area contributed by atoms with Gasteiger partial charge in [-0.1, -0.05) is 42.5 Å². The van der Waals surface area contributed by atoms with Crippen LogP contribution in [0.3, 0.4) is 0 Å². The van der Waals surface area contributed by atoms with Crippen molar-refractivity contribution in [2.75, 3.05) is 7.11 Å². The molecule has 4 aromatic rings. The Labute approximate surface area is 153 Å². The van der Waals surface area contributed by atoms with Crippen LogP contribution in [0.15, 0.2) is 53.9 Å². The summed E-state index contributed by atoms with van der Waals surface area (Å²) in [6.45, 7) is 0.562. The predicted molar refractivity (Wildman–Crippen MR) is 99.9 cm³/mol. The number of thiazole rings is 1. The SMILES string of the molecule is COCc1ccc(-c2nn(-c3nc(C(=O)O)cs3)c3ccccc23)cc1. The third-order valence-corrected chi connectivity index (χ3v) is 4.83. The summed E-state index contributed by atoms with van der Waals surface area (Å²) in [6.07, 6.45) is 0. The first kappa shape index (κ1) is 16.4. The minimum atomic E-state index is -1.04. The van der Waals surface area contributed by atoms with Crippen molar-refractivity contribution >= 4 is 28.2 Å². The van der Waals surface area contributed by atoms with Gasteiger partial charge in [0.1, 0.15) is 5.69 Å². The molecule has 26 heavy (non-hydrogen) atoms. The summed E-state index contributed by atoms with van der Waals surface area (Å²) in [5.41, 5.74) is 3.81. The van der Waals surface area contributed by atoms with E-state index in [2.05, 4.69) is 4.98 Å². The molecule has 4 rings (SSSR count). The molecular weight excluding hydrogens is 350 g/mol. The van der Waals surface area contributed by atoms with Gasteiger partial charge in [0, 0.05) is 23.4 Å². The van der Waals surface area contributed by atoms with Gasteiger partial charge in [-0.3, -0.25) is 0 Å². The van der Waals surface area contributed by atoms with Crippen molar-refractivity contribution in [1.82, 2.24) is 14.8 Å². The molecule has 0 aliphatic carbocycles. The van der Waals surface area contributed by atoms with Gasteiger partial charge in [0.2, 0.25) is 5.13 Å². The van der Waals surface area contributed by atoms with Gasteiger partial charge in [0.25, 0.3) is 0 Å². The molecule has 0 bridgehead atoms. The molecule has 0 unspecified atom stereocenters. The standard InChI is InChI=1S/C19H15N3O3S/c1-25-10-12-6-8-13(9-7-12)17-14-4-2-3-5-16(14)22(21-17)19-20-15(11-26-19)18(23)24/h2-9,11H,10H2,1H3,(H,23,24). The number of ether oxygens (including phenoxy) is 1. The number of hydrogen-bond acceptors (Lipinski definition) is 5. The molecule has 0 aliphatic rings. The number of hydrogen-bond donors (Lipinski definition) is 1. The first-order valence-corrected chi connectivity index (χ1v) is 8.80. The molecule has 7 heteroatoms. The number of fused-ring (bicyclic) bond motifs is 1. The number of para-hydroxylation sites is 1. The van der Waals surface area contributed by atoms with Crippen LogP contribution in [0.1, 0.15) is 16.1 Å². The van der Waals surface area contributed by atoms with E-state index in [0.717, 1.165) is 27.7 Å². The Balaban J connectivity index is 1.84.